The fourth-order valence-corrected chi connectivity index (χ4v) is 5.40. The maximum Gasteiger partial charge on any atom is 0.274 e. The fraction of sp³-hybridized carbons (Fsp3) is 0.391. The van der Waals surface area contributed by atoms with Crippen LogP contribution in [0.5, 0.6) is 0 Å². The van der Waals surface area contributed by atoms with Crippen molar-refractivity contribution in [1.82, 2.24) is 24.6 Å². The molecule has 13 heteroatoms. The molecular weight excluding hydrogens is 506 g/mol. The number of nitrogens with two attached hydrogens (primary N) is 2. The number of carbonyl (C=O) groups excluding carboxylic acids is 4. The molecule has 0 radical (unpaired) electrons. The molecule has 1 fully saturated rings. The summed E-state index contributed by atoms with van der Waals surface area (Å²) in [6.45, 7) is 0.326. The largest absolute Gasteiger partial charge is 0.370 e. The average molecular weight is 532 g/mol. The SMILES string of the molecule is CNC(=O)[C@H](CCC(N)=O)CC(=O)c1csc([C@@H]2C[C@@H](N)CN2C(=O)c2cn3cc(Cl)ccc3n2)n1. The first-order valence-electron chi connectivity index (χ1n) is 11.4. The molecule has 36 heavy (non-hydrogen) atoms. The smallest absolute Gasteiger partial charge is 0.274 e. The summed E-state index contributed by atoms with van der Waals surface area (Å²) in [5.74, 6) is -2.19. The van der Waals surface area contributed by atoms with E-state index in [9.17, 15) is 19.2 Å². The van der Waals surface area contributed by atoms with Crippen molar-refractivity contribution in [3.8, 4) is 0 Å². The zero-order valence-corrected chi connectivity index (χ0v) is 21.1. The molecule has 11 nitrogen and oxygen atoms in total. The zero-order valence-electron chi connectivity index (χ0n) is 19.5. The summed E-state index contributed by atoms with van der Waals surface area (Å²) in [7, 11) is 1.47. The first-order chi connectivity index (χ1) is 17.2. The van der Waals surface area contributed by atoms with Crippen molar-refractivity contribution in [3.63, 3.8) is 0 Å². The quantitative estimate of drug-likeness (QED) is 0.352. The Balaban J connectivity index is 1.51. The molecule has 1 saturated heterocycles. The number of amides is 3. The summed E-state index contributed by atoms with van der Waals surface area (Å²) in [5, 5.41) is 5.23. The topological polar surface area (TPSA) is 166 Å². The van der Waals surface area contributed by atoms with E-state index in [4.69, 9.17) is 23.1 Å². The van der Waals surface area contributed by atoms with Crippen LogP contribution in [0.15, 0.2) is 29.9 Å². The number of hydrogen-bond acceptors (Lipinski definition) is 8. The molecule has 3 aromatic rings. The number of nitrogens with zero attached hydrogens (tertiary/aromatic N) is 4. The van der Waals surface area contributed by atoms with Crippen molar-refractivity contribution in [3.05, 3.63) is 51.3 Å². The first kappa shape index (κ1) is 25.7. The summed E-state index contributed by atoms with van der Waals surface area (Å²) < 4.78 is 1.68. The van der Waals surface area contributed by atoms with Crippen molar-refractivity contribution in [2.24, 2.45) is 17.4 Å². The van der Waals surface area contributed by atoms with E-state index in [1.165, 1.54) is 18.4 Å². The minimum absolute atomic E-state index is 0.0000201. The number of likely N-dealkylation sites (tertiary alicyclic amines) is 1. The van der Waals surface area contributed by atoms with Crippen molar-refractivity contribution in [2.75, 3.05) is 13.6 Å². The molecule has 1 aliphatic rings. The molecule has 3 aromatic heterocycles. The van der Waals surface area contributed by atoms with E-state index in [-0.39, 0.29) is 54.3 Å². The number of pyridine rings is 1. The van der Waals surface area contributed by atoms with Crippen LogP contribution < -0.4 is 16.8 Å². The number of ketones is 1. The predicted octanol–water partition coefficient (Wildman–Crippen LogP) is 1.56. The van der Waals surface area contributed by atoms with Gasteiger partial charge in [0.05, 0.1) is 11.1 Å². The van der Waals surface area contributed by atoms with E-state index in [0.29, 0.717) is 28.6 Å². The molecule has 0 bridgehead atoms. The van der Waals surface area contributed by atoms with Gasteiger partial charge in [-0.15, -0.1) is 11.3 Å². The number of hydrogen-bond donors (Lipinski definition) is 3. The van der Waals surface area contributed by atoms with Crippen molar-refractivity contribution in [1.29, 1.82) is 0 Å². The molecular formula is C23H26ClN7O4S. The number of primary amides is 1. The molecule has 0 spiro atoms. The summed E-state index contributed by atoms with van der Waals surface area (Å²) in [6.07, 6.45) is 3.84. The third-order valence-corrected chi connectivity index (χ3v) is 7.28. The second-order valence-corrected chi connectivity index (χ2v) is 10.0. The Hall–Kier alpha value is -3.35. The van der Waals surface area contributed by atoms with Crippen LogP contribution in [-0.4, -0.2) is 62.4 Å². The van der Waals surface area contributed by atoms with E-state index in [0.717, 1.165) is 0 Å². The van der Waals surface area contributed by atoms with Crippen LogP contribution in [0.1, 0.15) is 57.7 Å². The molecule has 5 N–H and O–H groups in total. The normalized spacial score (nSPS) is 18.4. The fourth-order valence-electron chi connectivity index (χ4n) is 4.29. The first-order valence-corrected chi connectivity index (χ1v) is 12.6. The number of rotatable bonds is 9. The van der Waals surface area contributed by atoms with Gasteiger partial charge in [0.25, 0.3) is 5.91 Å². The molecule has 4 heterocycles. The number of carbonyl (C=O) groups is 4. The number of halogens is 1. The lowest BCUT2D eigenvalue weighted by Gasteiger charge is -2.21. The molecule has 3 amide bonds. The molecule has 3 atom stereocenters. The molecule has 1 aliphatic heterocycles. The van der Waals surface area contributed by atoms with E-state index in [2.05, 4.69) is 15.3 Å². The molecule has 0 aliphatic carbocycles. The average Bonchev–Trinajstić information content (AvgIpc) is 3.58. The number of Topliss-reactive ketones (excluding diaryl/α,β-unsaturated/α-hetero) is 1. The summed E-state index contributed by atoms with van der Waals surface area (Å²) in [4.78, 5) is 60.1. The van der Waals surface area contributed by atoms with Gasteiger partial charge in [0.2, 0.25) is 11.8 Å². The van der Waals surface area contributed by atoms with Crippen LogP contribution in [-0.2, 0) is 9.59 Å². The van der Waals surface area contributed by atoms with Crippen LogP contribution in [0.25, 0.3) is 5.65 Å². The lowest BCUT2D eigenvalue weighted by molar-refractivity contribution is -0.125. The number of imidazole rings is 1. The lowest BCUT2D eigenvalue weighted by Crippen LogP contribution is -2.33. The van der Waals surface area contributed by atoms with Gasteiger partial charge in [0, 0.05) is 56.2 Å². The second kappa shape index (κ2) is 10.7. The summed E-state index contributed by atoms with van der Waals surface area (Å²) in [6, 6.07) is 2.76. The van der Waals surface area contributed by atoms with E-state index >= 15 is 0 Å². The number of nitrogens with one attached hydrogen (secondary N) is 1. The Bertz CT molecular complexity index is 1320. The van der Waals surface area contributed by atoms with Gasteiger partial charge in [-0.1, -0.05) is 11.6 Å². The standard InChI is InChI=1S/C23H26ClN7O4S/c1-27-21(34)12(2-4-19(26)33)6-18(32)16-11-36-22(29-16)17-7-14(25)9-31(17)23(35)15-10-30-8-13(24)3-5-20(30)28-15/h3,5,8,10-12,14,17H,2,4,6-7,9,25H2,1H3,(H2,26,33)(H,27,34)/t12-,14-,17+/m1/s1. The third kappa shape index (κ3) is 5.55. The van der Waals surface area contributed by atoms with Gasteiger partial charge >= 0.3 is 0 Å². The molecule has 0 unspecified atom stereocenters. The number of fused-ring (bicyclic) bond motifs is 1. The second-order valence-electron chi connectivity index (χ2n) is 8.72. The van der Waals surface area contributed by atoms with Gasteiger partial charge in [-0.25, -0.2) is 9.97 Å². The lowest BCUT2D eigenvalue weighted by atomic mass is 9.95. The van der Waals surface area contributed by atoms with E-state index < -0.39 is 17.9 Å². The summed E-state index contributed by atoms with van der Waals surface area (Å²) in [5.41, 5.74) is 12.4. The minimum Gasteiger partial charge on any atom is -0.370 e. The van der Waals surface area contributed by atoms with Gasteiger partial charge in [-0.05, 0) is 25.0 Å². The van der Waals surface area contributed by atoms with Crippen LogP contribution >= 0.6 is 22.9 Å². The third-order valence-electron chi connectivity index (χ3n) is 6.11. The monoisotopic (exact) mass is 531 g/mol. The van der Waals surface area contributed by atoms with Gasteiger partial charge in [0.15, 0.2) is 5.78 Å². The van der Waals surface area contributed by atoms with Crippen molar-refractivity contribution in [2.45, 2.75) is 37.8 Å². The van der Waals surface area contributed by atoms with Crippen LogP contribution in [0.2, 0.25) is 5.02 Å². The maximum atomic E-state index is 13.3. The number of aromatic nitrogens is 3. The molecule has 0 aromatic carbocycles. The van der Waals surface area contributed by atoms with Gasteiger partial charge in [0.1, 0.15) is 22.0 Å². The predicted molar refractivity (Wildman–Crippen MR) is 134 cm³/mol. The highest BCUT2D eigenvalue weighted by Crippen LogP contribution is 2.35. The summed E-state index contributed by atoms with van der Waals surface area (Å²) >= 11 is 7.30. The van der Waals surface area contributed by atoms with Crippen LogP contribution in [0, 0.1) is 5.92 Å². The highest BCUT2D eigenvalue weighted by Gasteiger charge is 2.38. The van der Waals surface area contributed by atoms with E-state index in [1.54, 1.807) is 39.2 Å². The van der Waals surface area contributed by atoms with Crippen LogP contribution in [0.3, 0.4) is 0 Å². The van der Waals surface area contributed by atoms with Gasteiger partial charge in [-0.3, -0.25) is 19.2 Å². The van der Waals surface area contributed by atoms with Crippen molar-refractivity contribution < 1.29 is 19.2 Å². The Morgan fingerprint density at radius 1 is 1.22 bits per heavy atom. The zero-order chi connectivity index (χ0) is 26.0. The maximum absolute atomic E-state index is 13.3. The minimum atomic E-state index is -0.693. The molecule has 4 rings (SSSR count). The highest BCUT2D eigenvalue weighted by molar-refractivity contribution is 7.09. The van der Waals surface area contributed by atoms with Gasteiger partial charge in [-0.2, -0.15) is 0 Å². The molecule has 0 saturated carbocycles. The van der Waals surface area contributed by atoms with Crippen molar-refractivity contribution >= 4 is 52.1 Å². The Kier molecular flexibility index (Phi) is 7.67. The van der Waals surface area contributed by atoms with E-state index in [1.807, 2.05) is 0 Å². The Morgan fingerprint density at radius 3 is 2.72 bits per heavy atom. The number of thiazole rings is 1. The highest BCUT2D eigenvalue weighted by atomic mass is 35.5. The Labute approximate surface area is 215 Å². The van der Waals surface area contributed by atoms with Gasteiger partial charge < -0.3 is 26.1 Å². The Morgan fingerprint density at radius 2 is 2.00 bits per heavy atom. The molecule has 190 valence electrons. The van der Waals surface area contributed by atoms with Crippen LogP contribution in [0.4, 0.5) is 0 Å².